The third-order valence-corrected chi connectivity index (χ3v) is 7.83. The van der Waals surface area contributed by atoms with Gasteiger partial charge in [-0.2, -0.15) is 13.1 Å². The molecule has 0 aliphatic carbocycles. The summed E-state index contributed by atoms with van der Waals surface area (Å²) in [6.07, 6.45) is -0.130. The molecule has 1 saturated heterocycles. The molecule has 0 saturated carbocycles. The number of aliphatic carboxylic acids is 1. The van der Waals surface area contributed by atoms with E-state index in [9.17, 15) is 57.2 Å². The Morgan fingerprint density at radius 1 is 1.17 bits per heavy atom. The van der Waals surface area contributed by atoms with Gasteiger partial charge in [-0.25, -0.2) is 14.1 Å². The van der Waals surface area contributed by atoms with E-state index in [1.54, 1.807) is 0 Å². The average Bonchev–Trinajstić information content (AvgIpc) is 3.38. The molecule has 1 fully saturated rings. The zero-order valence-electron chi connectivity index (χ0n) is 23.9. The molecule has 0 bridgehead atoms. The summed E-state index contributed by atoms with van der Waals surface area (Å²) in [6.45, 7) is 1.31. The number of thiazole rings is 1. The number of pyridine rings is 1. The van der Waals surface area contributed by atoms with Crippen LogP contribution in [0, 0.1) is 0 Å². The van der Waals surface area contributed by atoms with Crippen LogP contribution in [0.4, 0.5) is 5.13 Å². The number of nitrogens with two attached hydrogens (primary N) is 1. The van der Waals surface area contributed by atoms with E-state index in [1.165, 1.54) is 5.38 Å². The topological polar surface area (TPSA) is 322 Å². The number of oxime groups is 1. The fraction of sp³-hybridized carbons (Fsp3) is 0.391. The second-order valence-electron chi connectivity index (χ2n) is 9.99. The summed E-state index contributed by atoms with van der Waals surface area (Å²) in [5.74, 6) is -6.10. The Hall–Kier alpha value is -5.29. The second-order valence-corrected chi connectivity index (χ2v) is 12.2. The second kappa shape index (κ2) is 13.8. The fourth-order valence-corrected chi connectivity index (χ4v) is 5.10. The van der Waals surface area contributed by atoms with Gasteiger partial charge < -0.3 is 41.9 Å². The lowest BCUT2D eigenvalue weighted by Gasteiger charge is -2.44. The molecule has 0 aromatic carbocycles. The summed E-state index contributed by atoms with van der Waals surface area (Å²) in [4.78, 5) is 82.0. The van der Waals surface area contributed by atoms with Gasteiger partial charge >= 0.3 is 16.3 Å². The van der Waals surface area contributed by atoms with Crippen molar-refractivity contribution < 1.29 is 57.2 Å². The van der Waals surface area contributed by atoms with Gasteiger partial charge in [-0.15, -0.1) is 11.3 Å². The number of carboxylic acid groups (broad SMARTS) is 1. The molecule has 3 heterocycles. The van der Waals surface area contributed by atoms with Gasteiger partial charge in [0, 0.05) is 30.8 Å². The zero-order valence-corrected chi connectivity index (χ0v) is 25.5. The van der Waals surface area contributed by atoms with Gasteiger partial charge in [-0.1, -0.05) is 5.16 Å². The van der Waals surface area contributed by atoms with Crippen molar-refractivity contribution in [2.45, 2.75) is 50.9 Å². The van der Waals surface area contributed by atoms with Gasteiger partial charge in [0.25, 0.3) is 11.8 Å². The summed E-state index contributed by atoms with van der Waals surface area (Å²) in [5, 5.41) is 39.9. The molecule has 0 spiro atoms. The first-order chi connectivity index (χ1) is 21.3. The van der Waals surface area contributed by atoms with Crippen LogP contribution in [-0.4, -0.2) is 102 Å². The number of nitrogen functional groups attached to an aromatic ring is 1. The standard InChI is InChI=1S/C23H28N8O13S2/c1-23(2,21(38)39)44-29-17(11-9-45-22(24)27-11)19(36)28-18-12(31(20(18)37)46(41,42)43)7-26-16(35)4-3-15(34)25-6-10-5-13(32)14(33)8-30(10)40/h5,8-9,12,18,33,40H,3-4,6-7H2,1-2H3,(H2,24,27)(H,25,34)(H,26,35)(H,28,36)(H,38,39)(H,41,42,43)/b29-17-/t12-,18+/m1/s1. The van der Waals surface area contributed by atoms with Crippen LogP contribution < -0.4 is 27.1 Å². The van der Waals surface area contributed by atoms with Crippen molar-refractivity contribution in [3.8, 4) is 5.75 Å². The number of nitrogens with zero attached hydrogens (tertiary/aromatic N) is 4. The van der Waals surface area contributed by atoms with E-state index in [2.05, 4.69) is 26.1 Å². The van der Waals surface area contributed by atoms with Crippen LogP contribution in [0.1, 0.15) is 38.1 Å². The van der Waals surface area contributed by atoms with E-state index in [4.69, 9.17) is 10.6 Å². The van der Waals surface area contributed by atoms with Crippen molar-refractivity contribution >= 4 is 62.1 Å². The van der Waals surface area contributed by atoms with Crippen molar-refractivity contribution in [1.82, 2.24) is 30.0 Å². The Morgan fingerprint density at radius 2 is 1.80 bits per heavy atom. The summed E-state index contributed by atoms with van der Waals surface area (Å²) >= 11 is 0.891. The predicted octanol–water partition coefficient (Wildman–Crippen LogP) is -2.87. The maximum atomic E-state index is 13.1. The molecule has 0 unspecified atom stereocenters. The van der Waals surface area contributed by atoms with Gasteiger partial charge in [0.2, 0.25) is 22.8 Å². The fourth-order valence-electron chi connectivity index (χ4n) is 3.67. The van der Waals surface area contributed by atoms with Crippen LogP contribution in [-0.2, 0) is 45.7 Å². The lowest BCUT2D eigenvalue weighted by molar-refractivity contribution is -0.161. The number of β-lactam (4-membered cyclic amide) rings is 1. The van der Waals surface area contributed by atoms with E-state index in [1.807, 2.05) is 0 Å². The van der Waals surface area contributed by atoms with Crippen molar-refractivity contribution in [2.75, 3.05) is 12.3 Å². The molecule has 250 valence electrons. The molecule has 1 aliphatic heterocycles. The highest BCUT2D eigenvalue weighted by Crippen LogP contribution is 2.24. The van der Waals surface area contributed by atoms with Crippen LogP contribution in [0.3, 0.4) is 0 Å². The molecule has 2 aromatic rings. The predicted molar refractivity (Wildman–Crippen MR) is 154 cm³/mol. The normalized spacial score (nSPS) is 16.7. The third kappa shape index (κ3) is 8.45. The van der Waals surface area contributed by atoms with Crippen LogP contribution >= 0.6 is 11.3 Å². The van der Waals surface area contributed by atoms with Gasteiger partial charge in [-0.3, -0.25) is 28.5 Å². The molecule has 1 aliphatic rings. The number of amides is 4. The minimum Gasteiger partial charge on any atom is -0.503 e. The first kappa shape index (κ1) is 35.2. The Bertz CT molecular complexity index is 1750. The Balaban J connectivity index is 1.65. The van der Waals surface area contributed by atoms with Crippen molar-refractivity contribution in [2.24, 2.45) is 5.16 Å². The number of carbonyl (C=O) groups is 5. The number of rotatable bonds is 14. The highest BCUT2D eigenvalue weighted by molar-refractivity contribution is 7.84. The number of nitrogens with one attached hydrogen (secondary N) is 3. The van der Waals surface area contributed by atoms with E-state index in [0.29, 0.717) is 4.73 Å². The van der Waals surface area contributed by atoms with E-state index in [0.717, 1.165) is 37.4 Å². The van der Waals surface area contributed by atoms with Gasteiger partial charge in [0.15, 0.2) is 16.6 Å². The first-order valence-electron chi connectivity index (χ1n) is 12.8. The summed E-state index contributed by atoms with van der Waals surface area (Å²) in [7, 11) is -5.15. The summed E-state index contributed by atoms with van der Waals surface area (Å²) < 4.78 is 33.6. The molecule has 21 nitrogen and oxygen atoms in total. The van der Waals surface area contributed by atoms with Gasteiger partial charge in [-0.05, 0) is 13.8 Å². The van der Waals surface area contributed by atoms with Crippen LogP contribution in [0.15, 0.2) is 27.6 Å². The summed E-state index contributed by atoms with van der Waals surface area (Å²) in [6, 6.07) is -2.31. The molecule has 0 radical (unpaired) electrons. The minimum atomic E-state index is -5.15. The van der Waals surface area contributed by atoms with Crippen molar-refractivity contribution in [3.63, 3.8) is 0 Å². The quantitative estimate of drug-likeness (QED) is 0.0325. The number of carboxylic acids is 1. The monoisotopic (exact) mass is 688 g/mol. The molecule has 4 amide bonds. The van der Waals surface area contributed by atoms with E-state index >= 15 is 0 Å². The zero-order chi connectivity index (χ0) is 34.6. The van der Waals surface area contributed by atoms with Crippen LogP contribution in [0.5, 0.6) is 5.75 Å². The third-order valence-electron chi connectivity index (χ3n) is 6.21. The number of aromatic hydroxyl groups is 1. The largest absolute Gasteiger partial charge is 0.503 e. The number of anilines is 1. The van der Waals surface area contributed by atoms with Crippen LogP contribution in [0.25, 0.3) is 0 Å². The van der Waals surface area contributed by atoms with Crippen LogP contribution in [0.2, 0.25) is 0 Å². The number of hydrogen-bond acceptors (Lipinski definition) is 15. The Morgan fingerprint density at radius 3 is 2.37 bits per heavy atom. The smallest absolute Gasteiger partial charge is 0.362 e. The Labute approximate surface area is 262 Å². The lowest BCUT2D eigenvalue weighted by Crippen LogP contribution is -2.74. The van der Waals surface area contributed by atoms with Gasteiger partial charge in [0.1, 0.15) is 11.7 Å². The molecule has 23 heteroatoms. The lowest BCUT2D eigenvalue weighted by atomic mass is 9.98. The number of hydrogen-bond donors (Lipinski definition) is 8. The van der Waals surface area contributed by atoms with E-state index < -0.39 is 93.9 Å². The first-order valence-corrected chi connectivity index (χ1v) is 15.1. The number of aromatic nitrogens is 2. The van der Waals surface area contributed by atoms with Gasteiger partial charge in [0.05, 0.1) is 24.5 Å². The molecular formula is C23H28N8O13S2. The maximum absolute atomic E-state index is 13.1. The maximum Gasteiger partial charge on any atom is 0.362 e. The molecule has 2 aromatic heterocycles. The van der Waals surface area contributed by atoms with Crippen molar-refractivity contribution in [1.29, 1.82) is 0 Å². The average molecular weight is 689 g/mol. The molecule has 46 heavy (non-hydrogen) atoms. The van der Waals surface area contributed by atoms with Crippen molar-refractivity contribution in [3.05, 3.63) is 39.3 Å². The summed E-state index contributed by atoms with van der Waals surface area (Å²) in [5.41, 5.74) is 2.03. The molecule has 9 N–H and O–H groups in total. The highest BCUT2D eigenvalue weighted by atomic mass is 32.2. The number of carbonyl (C=O) groups excluding carboxylic acids is 4. The molecule has 3 rings (SSSR count). The SMILES string of the molecule is CC(C)(O/N=C(\C(=O)N[C@@H]1C(=O)N(S(=O)(=O)O)[C@@H]1CNC(=O)CCC(=O)NCc1cc(=O)c(O)cn1O)c1csc(N)n1)C(=O)O. The highest BCUT2D eigenvalue weighted by Gasteiger charge is 2.54. The van der Waals surface area contributed by atoms with E-state index in [-0.39, 0.29) is 27.4 Å². The minimum absolute atomic E-state index is 0.00600. The molecular weight excluding hydrogens is 660 g/mol. The Kier molecular flexibility index (Phi) is 10.5. The molecule has 2 atom stereocenters.